The van der Waals surface area contributed by atoms with Gasteiger partial charge in [-0.25, -0.2) is 0 Å². The normalized spacial score (nSPS) is 15.0. The van der Waals surface area contributed by atoms with Crippen LogP contribution in [0.1, 0.15) is 12.0 Å². The molecule has 0 aromatic heterocycles. The highest BCUT2D eigenvalue weighted by atomic mass is 32.2. The van der Waals surface area contributed by atoms with E-state index in [0.717, 1.165) is 5.56 Å². The van der Waals surface area contributed by atoms with Gasteiger partial charge in [0.2, 0.25) is 5.91 Å². The van der Waals surface area contributed by atoms with Crippen molar-refractivity contribution in [3.8, 4) is 11.5 Å². The average molecular weight is 429 g/mol. The molecule has 2 aromatic rings. The van der Waals surface area contributed by atoms with Gasteiger partial charge in [-0.05, 0) is 48.0 Å². The van der Waals surface area contributed by atoms with Crippen LogP contribution >= 0.6 is 24.0 Å². The zero-order valence-corrected chi connectivity index (χ0v) is 17.6. The predicted octanol–water partition coefficient (Wildman–Crippen LogP) is 3.93. The van der Waals surface area contributed by atoms with E-state index in [1.165, 1.54) is 16.7 Å². The van der Waals surface area contributed by atoms with Gasteiger partial charge in [0.25, 0.3) is 5.91 Å². The molecule has 0 unspecified atom stereocenters. The van der Waals surface area contributed by atoms with Gasteiger partial charge in [0.15, 0.2) is 0 Å². The number of carbonyl (C=O) groups excluding carboxylic acids is 2. The molecular formula is C21H20N2O4S2. The monoisotopic (exact) mass is 428 g/mol. The highest BCUT2D eigenvalue weighted by Gasteiger charge is 2.32. The number of thiocarbonyl (C=S) groups is 1. The Morgan fingerprint density at radius 3 is 2.55 bits per heavy atom. The summed E-state index contributed by atoms with van der Waals surface area (Å²) in [6, 6.07) is 14.5. The lowest BCUT2D eigenvalue weighted by Crippen LogP contribution is -2.31. The van der Waals surface area contributed by atoms with E-state index >= 15 is 0 Å². The number of hydrogen-bond donors (Lipinski definition) is 1. The summed E-state index contributed by atoms with van der Waals surface area (Å²) in [7, 11) is 3.17. The Bertz CT molecular complexity index is 957. The van der Waals surface area contributed by atoms with Crippen LogP contribution in [0, 0.1) is 0 Å². The highest BCUT2D eigenvalue weighted by Crippen LogP contribution is 2.33. The molecule has 2 amide bonds. The number of methoxy groups -OCH3 is 2. The van der Waals surface area contributed by atoms with Crippen LogP contribution in [0.25, 0.3) is 6.08 Å². The molecule has 1 aliphatic rings. The fourth-order valence-corrected chi connectivity index (χ4v) is 4.00. The van der Waals surface area contributed by atoms with E-state index in [1.807, 2.05) is 24.3 Å². The molecule has 1 fully saturated rings. The predicted molar refractivity (Wildman–Crippen MR) is 119 cm³/mol. The van der Waals surface area contributed by atoms with Gasteiger partial charge in [-0.2, -0.15) is 0 Å². The number of amides is 2. The minimum absolute atomic E-state index is 0.144. The van der Waals surface area contributed by atoms with E-state index in [4.69, 9.17) is 21.7 Å². The van der Waals surface area contributed by atoms with E-state index in [1.54, 1.807) is 44.6 Å². The van der Waals surface area contributed by atoms with Crippen molar-refractivity contribution in [1.29, 1.82) is 0 Å². The Kier molecular flexibility index (Phi) is 6.90. The molecule has 0 bridgehead atoms. The number of nitrogens with zero attached hydrogens (tertiary/aromatic N) is 1. The van der Waals surface area contributed by atoms with Crippen molar-refractivity contribution in [1.82, 2.24) is 4.90 Å². The molecule has 2 aromatic carbocycles. The lowest BCUT2D eigenvalue weighted by molar-refractivity contribution is -0.122. The van der Waals surface area contributed by atoms with Crippen LogP contribution in [0.3, 0.4) is 0 Å². The first-order chi connectivity index (χ1) is 14.0. The first kappa shape index (κ1) is 20.9. The largest absolute Gasteiger partial charge is 0.497 e. The number of hydrogen-bond acceptors (Lipinski definition) is 6. The Hall–Kier alpha value is -2.84. The minimum atomic E-state index is -0.194. The maximum absolute atomic E-state index is 12.7. The number of rotatable bonds is 7. The molecule has 1 aliphatic heterocycles. The maximum Gasteiger partial charge on any atom is 0.266 e. The number of benzene rings is 2. The third kappa shape index (κ3) is 5.36. The molecule has 0 spiro atoms. The van der Waals surface area contributed by atoms with E-state index in [2.05, 4.69) is 5.32 Å². The molecule has 29 heavy (non-hydrogen) atoms. The molecule has 1 saturated heterocycles. The van der Waals surface area contributed by atoms with Crippen LogP contribution in [0.4, 0.5) is 5.69 Å². The topological polar surface area (TPSA) is 67.9 Å². The van der Waals surface area contributed by atoms with Crippen molar-refractivity contribution in [3.05, 3.63) is 59.0 Å². The number of carbonyl (C=O) groups is 2. The van der Waals surface area contributed by atoms with Gasteiger partial charge in [0.1, 0.15) is 15.8 Å². The van der Waals surface area contributed by atoms with E-state index in [-0.39, 0.29) is 24.8 Å². The Morgan fingerprint density at radius 1 is 1.14 bits per heavy atom. The summed E-state index contributed by atoms with van der Waals surface area (Å²) < 4.78 is 10.7. The van der Waals surface area contributed by atoms with E-state index in [0.29, 0.717) is 26.4 Å². The average Bonchev–Trinajstić information content (AvgIpc) is 2.99. The fourth-order valence-electron chi connectivity index (χ4n) is 2.69. The van der Waals surface area contributed by atoms with Gasteiger partial charge in [-0.3, -0.25) is 14.5 Å². The van der Waals surface area contributed by atoms with Gasteiger partial charge in [-0.15, -0.1) is 0 Å². The van der Waals surface area contributed by atoms with Gasteiger partial charge >= 0.3 is 0 Å². The van der Waals surface area contributed by atoms with Crippen molar-refractivity contribution in [2.24, 2.45) is 0 Å². The Labute approximate surface area is 178 Å². The summed E-state index contributed by atoms with van der Waals surface area (Å²) in [6.07, 6.45) is 1.92. The number of anilines is 1. The van der Waals surface area contributed by atoms with Crippen molar-refractivity contribution in [2.45, 2.75) is 6.42 Å². The first-order valence-corrected chi connectivity index (χ1v) is 10.1. The van der Waals surface area contributed by atoms with Crippen molar-refractivity contribution < 1.29 is 19.1 Å². The van der Waals surface area contributed by atoms with Gasteiger partial charge in [0.05, 0.1) is 19.1 Å². The Balaban J connectivity index is 1.59. The summed E-state index contributed by atoms with van der Waals surface area (Å²) in [5, 5.41) is 2.80. The third-order valence-electron chi connectivity index (χ3n) is 4.20. The van der Waals surface area contributed by atoms with Gasteiger partial charge in [0, 0.05) is 18.7 Å². The van der Waals surface area contributed by atoms with Crippen LogP contribution in [0.15, 0.2) is 53.4 Å². The fraction of sp³-hybridized carbons (Fsp3) is 0.190. The lowest BCUT2D eigenvalue weighted by atomic mass is 10.2. The maximum atomic E-state index is 12.7. The van der Waals surface area contributed by atoms with Crippen molar-refractivity contribution >= 4 is 51.9 Å². The van der Waals surface area contributed by atoms with E-state index in [9.17, 15) is 9.59 Å². The Morgan fingerprint density at radius 2 is 1.86 bits per heavy atom. The smallest absolute Gasteiger partial charge is 0.266 e. The summed E-state index contributed by atoms with van der Waals surface area (Å²) >= 11 is 6.56. The van der Waals surface area contributed by atoms with Crippen LogP contribution in [0.2, 0.25) is 0 Å². The van der Waals surface area contributed by atoms with Gasteiger partial charge < -0.3 is 14.8 Å². The van der Waals surface area contributed by atoms with Crippen LogP contribution < -0.4 is 14.8 Å². The second-order valence-corrected chi connectivity index (χ2v) is 7.81. The van der Waals surface area contributed by atoms with Crippen LogP contribution in [0.5, 0.6) is 11.5 Å². The zero-order valence-electron chi connectivity index (χ0n) is 16.0. The van der Waals surface area contributed by atoms with Crippen LogP contribution in [-0.2, 0) is 9.59 Å². The number of nitrogens with one attached hydrogen (secondary N) is 1. The summed E-state index contributed by atoms with van der Waals surface area (Å²) in [5.41, 5.74) is 1.52. The number of thioether (sulfide) groups is 1. The minimum Gasteiger partial charge on any atom is -0.497 e. The molecular weight excluding hydrogens is 408 g/mol. The molecule has 0 aliphatic carbocycles. The zero-order chi connectivity index (χ0) is 20.8. The molecule has 3 rings (SSSR count). The summed E-state index contributed by atoms with van der Waals surface area (Å²) in [5.74, 6) is 1.04. The SMILES string of the molecule is COc1ccc(NC(=O)CCN2C(=O)C(=Cc3cccc(OC)c3)SC2=S)cc1. The van der Waals surface area contributed by atoms with Crippen molar-refractivity contribution in [2.75, 3.05) is 26.1 Å². The summed E-state index contributed by atoms with van der Waals surface area (Å²) in [6.45, 7) is 0.224. The molecule has 1 heterocycles. The lowest BCUT2D eigenvalue weighted by Gasteiger charge is -2.14. The number of ether oxygens (including phenoxy) is 2. The second kappa shape index (κ2) is 9.58. The molecule has 6 nitrogen and oxygen atoms in total. The third-order valence-corrected chi connectivity index (χ3v) is 5.58. The van der Waals surface area contributed by atoms with Crippen molar-refractivity contribution in [3.63, 3.8) is 0 Å². The standard InChI is InChI=1S/C21H20N2O4S2/c1-26-16-8-6-15(7-9-16)22-19(24)10-11-23-20(25)18(29-21(23)28)13-14-4-3-5-17(12-14)27-2/h3-9,12-13H,10-11H2,1-2H3,(H,22,24). The molecule has 0 radical (unpaired) electrons. The van der Waals surface area contributed by atoms with Gasteiger partial charge in [-0.1, -0.05) is 36.1 Å². The molecule has 0 atom stereocenters. The molecule has 150 valence electrons. The second-order valence-electron chi connectivity index (χ2n) is 6.14. The van der Waals surface area contributed by atoms with Crippen LogP contribution in [-0.4, -0.2) is 41.8 Å². The molecule has 0 saturated carbocycles. The quantitative estimate of drug-likeness (QED) is 0.532. The molecule has 8 heteroatoms. The highest BCUT2D eigenvalue weighted by molar-refractivity contribution is 8.26. The van der Waals surface area contributed by atoms with E-state index < -0.39 is 0 Å². The first-order valence-electron chi connectivity index (χ1n) is 8.83. The summed E-state index contributed by atoms with van der Waals surface area (Å²) in [4.78, 5) is 26.9. The molecule has 1 N–H and O–H groups in total.